The zero-order valence-electron chi connectivity index (χ0n) is 12.3. The maximum Gasteiger partial charge on any atom is 0.340 e. The predicted octanol–water partition coefficient (Wildman–Crippen LogP) is 2.27. The highest BCUT2D eigenvalue weighted by Crippen LogP contribution is 2.34. The van der Waals surface area contributed by atoms with E-state index in [4.69, 9.17) is 9.84 Å². The number of carbonyl (C=O) groups is 4. The highest BCUT2D eigenvalue weighted by Gasteiger charge is 2.33. The Labute approximate surface area is 139 Å². The van der Waals surface area contributed by atoms with Gasteiger partial charge in [-0.25, -0.2) is 19.2 Å². The van der Waals surface area contributed by atoms with E-state index in [1.807, 2.05) is 0 Å². The van der Waals surface area contributed by atoms with Crippen molar-refractivity contribution in [3.05, 3.63) is 58.7 Å². The minimum Gasteiger partial charge on any atom is -0.478 e. The summed E-state index contributed by atoms with van der Waals surface area (Å²) in [7, 11) is 0. The summed E-state index contributed by atoms with van der Waals surface area (Å²) in [6.45, 7) is 0. The number of carboxylic acids is 4. The zero-order chi connectivity index (χ0) is 18.7. The molecule has 9 nitrogen and oxygen atoms in total. The van der Waals surface area contributed by atoms with Gasteiger partial charge in [-0.1, -0.05) is 18.2 Å². The van der Waals surface area contributed by atoms with Crippen molar-refractivity contribution in [2.45, 2.75) is 0 Å². The first-order valence-electron chi connectivity index (χ1n) is 6.61. The van der Waals surface area contributed by atoms with Crippen LogP contribution in [0.2, 0.25) is 0 Å². The Morgan fingerprint density at radius 1 is 0.680 bits per heavy atom. The number of rotatable bonds is 6. The van der Waals surface area contributed by atoms with Crippen molar-refractivity contribution in [2.24, 2.45) is 0 Å². The van der Waals surface area contributed by atoms with Crippen molar-refractivity contribution < 1.29 is 44.3 Å². The van der Waals surface area contributed by atoms with Crippen LogP contribution in [-0.4, -0.2) is 44.3 Å². The average Bonchev–Trinajstić information content (AvgIpc) is 2.54. The summed E-state index contributed by atoms with van der Waals surface area (Å²) in [5.74, 6) is -7.86. The highest BCUT2D eigenvalue weighted by atomic mass is 16.5. The molecule has 25 heavy (non-hydrogen) atoms. The first-order valence-corrected chi connectivity index (χ1v) is 6.61. The SMILES string of the molecule is O=C(O)c1cc(C(=O)O)c(C(=O)O)c(C(=O)O)c1Oc1ccccc1. The van der Waals surface area contributed by atoms with Crippen LogP contribution in [0.1, 0.15) is 41.4 Å². The summed E-state index contributed by atoms with van der Waals surface area (Å²) < 4.78 is 5.27. The second-order valence-electron chi connectivity index (χ2n) is 4.69. The van der Waals surface area contributed by atoms with Crippen LogP contribution in [0.4, 0.5) is 0 Å². The van der Waals surface area contributed by atoms with Crippen LogP contribution in [0, 0.1) is 0 Å². The Hall–Kier alpha value is -3.88. The van der Waals surface area contributed by atoms with Crippen molar-refractivity contribution in [3.8, 4) is 11.5 Å². The van der Waals surface area contributed by atoms with Gasteiger partial charge < -0.3 is 25.2 Å². The monoisotopic (exact) mass is 346 g/mol. The number of para-hydroxylation sites is 1. The molecular formula is C16H10O9. The van der Waals surface area contributed by atoms with Crippen molar-refractivity contribution in [1.82, 2.24) is 0 Å². The van der Waals surface area contributed by atoms with E-state index in [1.165, 1.54) is 24.3 Å². The third kappa shape index (κ3) is 3.39. The topological polar surface area (TPSA) is 158 Å². The maximum absolute atomic E-state index is 11.6. The molecule has 0 aliphatic carbocycles. The largest absolute Gasteiger partial charge is 0.478 e. The molecule has 2 rings (SSSR count). The highest BCUT2D eigenvalue weighted by molar-refractivity contribution is 6.13. The standard InChI is InChI=1S/C16H10O9/c17-13(18)8-6-9(14(19)20)12(25-7-4-2-1-3-5-7)11(16(23)24)10(8)15(21)22/h1-6H,(H,17,18)(H,19,20)(H,21,22)(H,23,24). The Bertz CT molecular complexity index is 884. The van der Waals surface area contributed by atoms with Crippen molar-refractivity contribution >= 4 is 23.9 Å². The fraction of sp³-hybridized carbons (Fsp3) is 0. The Morgan fingerprint density at radius 3 is 1.64 bits per heavy atom. The van der Waals surface area contributed by atoms with Gasteiger partial charge in [-0.2, -0.15) is 0 Å². The summed E-state index contributed by atoms with van der Waals surface area (Å²) in [4.78, 5) is 45.7. The average molecular weight is 346 g/mol. The minimum absolute atomic E-state index is 0.0481. The van der Waals surface area contributed by atoms with Crippen LogP contribution in [-0.2, 0) is 0 Å². The summed E-state index contributed by atoms with van der Waals surface area (Å²) in [6, 6.07) is 8.02. The third-order valence-corrected chi connectivity index (χ3v) is 3.13. The molecule has 4 N–H and O–H groups in total. The van der Waals surface area contributed by atoms with E-state index >= 15 is 0 Å². The van der Waals surface area contributed by atoms with Crippen molar-refractivity contribution in [2.75, 3.05) is 0 Å². The number of hydrogen-bond acceptors (Lipinski definition) is 5. The zero-order valence-corrected chi connectivity index (χ0v) is 12.3. The molecule has 128 valence electrons. The summed E-state index contributed by atoms with van der Waals surface area (Å²) in [5.41, 5.74) is -3.89. The molecular weight excluding hydrogens is 336 g/mol. The van der Waals surface area contributed by atoms with Crippen LogP contribution in [0.15, 0.2) is 36.4 Å². The molecule has 0 radical (unpaired) electrons. The first kappa shape index (κ1) is 17.5. The lowest BCUT2D eigenvalue weighted by molar-refractivity contribution is 0.0629. The van der Waals surface area contributed by atoms with Gasteiger partial charge in [0.05, 0.1) is 11.1 Å². The molecule has 0 aliphatic rings. The number of ether oxygens (including phenoxy) is 1. The lowest BCUT2D eigenvalue weighted by atomic mass is 9.95. The van der Waals surface area contributed by atoms with Crippen LogP contribution < -0.4 is 4.74 Å². The molecule has 0 bridgehead atoms. The van der Waals surface area contributed by atoms with E-state index < -0.39 is 51.9 Å². The summed E-state index contributed by atoms with van der Waals surface area (Å²) >= 11 is 0. The third-order valence-electron chi connectivity index (χ3n) is 3.13. The number of carboxylic acid groups (broad SMARTS) is 4. The molecule has 0 unspecified atom stereocenters. The van der Waals surface area contributed by atoms with E-state index in [2.05, 4.69) is 0 Å². The Morgan fingerprint density at radius 2 is 1.20 bits per heavy atom. The fourth-order valence-electron chi connectivity index (χ4n) is 2.13. The molecule has 0 saturated carbocycles. The van der Waals surface area contributed by atoms with Gasteiger partial charge in [-0.3, -0.25) is 0 Å². The second-order valence-corrected chi connectivity index (χ2v) is 4.69. The maximum atomic E-state index is 11.6. The van der Waals surface area contributed by atoms with Gasteiger partial charge in [-0.05, 0) is 18.2 Å². The first-order chi connectivity index (χ1) is 11.7. The van der Waals surface area contributed by atoms with Gasteiger partial charge in [0.2, 0.25) is 0 Å². The van der Waals surface area contributed by atoms with Gasteiger partial charge in [0.1, 0.15) is 16.9 Å². The van der Waals surface area contributed by atoms with E-state index in [9.17, 15) is 34.5 Å². The molecule has 0 heterocycles. The van der Waals surface area contributed by atoms with Crippen LogP contribution in [0.3, 0.4) is 0 Å². The van der Waals surface area contributed by atoms with Crippen LogP contribution in [0.25, 0.3) is 0 Å². The molecule has 0 spiro atoms. The fourth-order valence-corrected chi connectivity index (χ4v) is 2.13. The van der Waals surface area contributed by atoms with Gasteiger partial charge in [0, 0.05) is 0 Å². The Kier molecular flexibility index (Phi) is 4.69. The van der Waals surface area contributed by atoms with E-state index in [0.29, 0.717) is 6.07 Å². The van der Waals surface area contributed by atoms with Crippen LogP contribution in [0.5, 0.6) is 11.5 Å². The van der Waals surface area contributed by atoms with E-state index in [0.717, 1.165) is 0 Å². The van der Waals surface area contributed by atoms with Gasteiger partial charge in [0.25, 0.3) is 0 Å². The number of hydrogen-bond donors (Lipinski definition) is 4. The number of aromatic carboxylic acids is 4. The van der Waals surface area contributed by atoms with Gasteiger partial charge in [-0.15, -0.1) is 0 Å². The van der Waals surface area contributed by atoms with Gasteiger partial charge >= 0.3 is 23.9 Å². The number of benzene rings is 2. The summed E-state index contributed by atoms with van der Waals surface area (Å²) in [5, 5.41) is 37.0. The smallest absolute Gasteiger partial charge is 0.340 e. The molecule has 2 aromatic carbocycles. The molecule has 0 aromatic heterocycles. The molecule has 2 aromatic rings. The molecule has 9 heteroatoms. The lowest BCUT2D eigenvalue weighted by Crippen LogP contribution is -2.18. The summed E-state index contributed by atoms with van der Waals surface area (Å²) in [6.07, 6.45) is 0. The molecule has 0 fully saturated rings. The van der Waals surface area contributed by atoms with Crippen LogP contribution >= 0.6 is 0 Å². The molecule has 0 atom stereocenters. The van der Waals surface area contributed by atoms with E-state index in [-0.39, 0.29) is 5.75 Å². The molecule has 0 aliphatic heterocycles. The quantitative estimate of drug-likeness (QED) is 0.615. The Balaban J connectivity index is 2.89. The molecule has 0 saturated heterocycles. The van der Waals surface area contributed by atoms with Crippen molar-refractivity contribution in [1.29, 1.82) is 0 Å². The lowest BCUT2D eigenvalue weighted by Gasteiger charge is -2.15. The predicted molar refractivity (Wildman–Crippen MR) is 80.8 cm³/mol. The minimum atomic E-state index is -1.84. The van der Waals surface area contributed by atoms with Crippen molar-refractivity contribution in [3.63, 3.8) is 0 Å². The van der Waals surface area contributed by atoms with E-state index in [1.54, 1.807) is 6.07 Å². The normalized spacial score (nSPS) is 10.1. The molecule has 0 amide bonds. The second kappa shape index (κ2) is 6.71. The van der Waals surface area contributed by atoms with Gasteiger partial charge in [0.15, 0.2) is 5.75 Å².